The molecule has 0 amide bonds. The van der Waals surface area contributed by atoms with Gasteiger partial charge >= 0.3 is 0 Å². The topological polar surface area (TPSA) is 53.1 Å². The fraction of sp³-hybridized carbons (Fsp3) is 0.250. The SMILES string of the molecule is CCC(N)Oc1ccc(-n2ccnc2)cc1. The fourth-order valence-electron chi connectivity index (χ4n) is 1.37. The summed E-state index contributed by atoms with van der Waals surface area (Å²) in [4.78, 5) is 3.99. The third-order valence-corrected chi connectivity index (χ3v) is 2.33. The fourth-order valence-corrected chi connectivity index (χ4v) is 1.37. The molecule has 1 aromatic heterocycles. The number of nitrogens with zero attached hydrogens (tertiary/aromatic N) is 2. The number of benzene rings is 1. The van der Waals surface area contributed by atoms with Crippen molar-refractivity contribution >= 4 is 0 Å². The average Bonchev–Trinajstić information content (AvgIpc) is 2.83. The van der Waals surface area contributed by atoms with Gasteiger partial charge in [-0.3, -0.25) is 5.73 Å². The molecule has 2 rings (SSSR count). The van der Waals surface area contributed by atoms with Gasteiger partial charge in [0, 0.05) is 18.1 Å². The number of ether oxygens (including phenoxy) is 1. The summed E-state index contributed by atoms with van der Waals surface area (Å²) in [6, 6.07) is 7.76. The van der Waals surface area contributed by atoms with Gasteiger partial charge in [-0.15, -0.1) is 0 Å². The Morgan fingerprint density at radius 3 is 2.69 bits per heavy atom. The number of hydrogen-bond donors (Lipinski definition) is 1. The largest absolute Gasteiger partial charge is 0.476 e. The van der Waals surface area contributed by atoms with Crippen LogP contribution < -0.4 is 10.5 Å². The Hall–Kier alpha value is -1.81. The quantitative estimate of drug-likeness (QED) is 0.796. The molecule has 0 bridgehead atoms. The Labute approximate surface area is 94.7 Å². The highest BCUT2D eigenvalue weighted by Gasteiger charge is 2.01. The summed E-state index contributed by atoms with van der Waals surface area (Å²) in [6.07, 6.45) is 5.96. The molecular weight excluding hydrogens is 202 g/mol. The number of rotatable bonds is 4. The first-order valence-corrected chi connectivity index (χ1v) is 5.30. The van der Waals surface area contributed by atoms with Crippen LogP contribution in [0.2, 0.25) is 0 Å². The second-order valence-electron chi connectivity index (χ2n) is 3.53. The third kappa shape index (κ3) is 2.41. The molecule has 16 heavy (non-hydrogen) atoms. The molecule has 0 aliphatic heterocycles. The van der Waals surface area contributed by atoms with Gasteiger partial charge in [0.25, 0.3) is 0 Å². The number of aromatic nitrogens is 2. The second kappa shape index (κ2) is 4.81. The zero-order valence-corrected chi connectivity index (χ0v) is 9.21. The van der Waals surface area contributed by atoms with Crippen molar-refractivity contribution in [1.82, 2.24) is 9.55 Å². The second-order valence-corrected chi connectivity index (χ2v) is 3.53. The summed E-state index contributed by atoms with van der Waals surface area (Å²) in [5, 5.41) is 0. The van der Waals surface area contributed by atoms with E-state index in [-0.39, 0.29) is 6.23 Å². The first-order chi connectivity index (χ1) is 7.79. The van der Waals surface area contributed by atoms with Crippen molar-refractivity contribution in [2.24, 2.45) is 5.73 Å². The van der Waals surface area contributed by atoms with E-state index in [1.54, 1.807) is 12.5 Å². The predicted molar refractivity (Wildman–Crippen MR) is 62.5 cm³/mol. The lowest BCUT2D eigenvalue weighted by atomic mass is 10.3. The molecule has 1 aromatic carbocycles. The molecular formula is C12H15N3O. The maximum atomic E-state index is 5.70. The molecule has 0 aliphatic rings. The smallest absolute Gasteiger partial charge is 0.147 e. The lowest BCUT2D eigenvalue weighted by Gasteiger charge is -2.12. The summed E-state index contributed by atoms with van der Waals surface area (Å²) in [7, 11) is 0. The molecule has 1 heterocycles. The Bertz CT molecular complexity index is 422. The summed E-state index contributed by atoms with van der Waals surface area (Å²) in [5.41, 5.74) is 6.75. The molecule has 0 spiro atoms. The average molecular weight is 217 g/mol. The highest BCUT2D eigenvalue weighted by Crippen LogP contribution is 2.15. The molecule has 1 unspecified atom stereocenters. The van der Waals surface area contributed by atoms with Crippen molar-refractivity contribution in [2.45, 2.75) is 19.6 Å². The van der Waals surface area contributed by atoms with E-state index < -0.39 is 0 Å². The van der Waals surface area contributed by atoms with E-state index in [0.29, 0.717) is 0 Å². The molecule has 4 nitrogen and oxygen atoms in total. The van der Waals surface area contributed by atoms with Gasteiger partial charge in [-0.1, -0.05) is 6.92 Å². The van der Waals surface area contributed by atoms with Gasteiger partial charge in [0.15, 0.2) is 0 Å². The van der Waals surface area contributed by atoms with Gasteiger partial charge in [0.1, 0.15) is 12.0 Å². The van der Waals surface area contributed by atoms with Crippen molar-refractivity contribution < 1.29 is 4.74 Å². The molecule has 0 radical (unpaired) electrons. The van der Waals surface area contributed by atoms with Crippen LogP contribution in [0.4, 0.5) is 0 Å². The first kappa shape index (κ1) is 10.7. The van der Waals surface area contributed by atoms with Crippen LogP contribution in [0.5, 0.6) is 5.75 Å². The Morgan fingerprint density at radius 1 is 1.38 bits per heavy atom. The standard InChI is InChI=1S/C12H15N3O/c1-2-12(13)16-11-5-3-10(4-6-11)15-8-7-14-9-15/h3-9,12H,2,13H2,1H3. The van der Waals surface area contributed by atoms with Crippen LogP contribution in [0.3, 0.4) is 0 Å². The molecule has 2 aromatic rings. The van der Waals surface area contributed by atoms with Crippen molar-refractivity contribution in [2.75, 3.05) is 0 Å². The van der Waals surface area contributed by atoms with Crippen molar-refractivity contribution in [3.63, 3.8) is 0 Å². The van der Waals surface area contributed by atoms with E-state index in [9.17, 15) is 0 Å². The van der Waals surface area contributed by atoms with Crippen LogP contribution in [-0.2, 0) is 0 Å². The van der Waals surface area contributed by atoms with Crippen LogP contribution in [-0.4, -0.2) is 15.8 Å². The summed E-state index contributed by atoms with van der Waals surface area (Å²) in [6.45, 7) is 1.99. The van der Waals surface area contributed by atoms with E-state index >= 15 is 0 Å². The van der Waals surface area contributed by atoms with Crippen LogP contribution in [0.1, 0.15) is 13.3 Å². The molecule has 84 valence electrons. The lowest BCUT2D eigenvalue weighted by molar-refractivity contribution is 0.205. The van der Waals surface area contributed by atoms with Gasteiger partial charge in [0.05, 0.1) is 6.33 Å². The predicted octanol–water partition coefficient (Wildman–Crippen LogP) is 1.95. The zero-order chi connectivity index (χ0) is 11.4. The molecule has 0 aliphatic carbocycles. The monoisotopic (exact) mass is 217 g/mol. The normalized spacial score (nSPS) is 12.4. The summed E-state index contributed by atoms with van der Waals surface area (Å²) >= 11 is 0. The van der Waals surface area contributed by atoms with E-state index in [1.165, 1.54) is 0 Å². The van der Waals surface area contributed by atoms with Crippen LogP contribution >= 0.6 is 0 Å². The molecule has 4 heteroatoms. The van der Waals surface area contributed by atoms with E-state index in [0.717, 1.165) is 17.9 Å². The number of nitrogens with two attached hydrogens (primary N) is 1. The van der Waals surface area contributed by atoms with E-state index in [2.05, 4.69) is 4.98 Å². The van der Waals surface area contributed by atoms with Crippen LogP contribution in [0.25, 0.3) is 5.69 Å². The number of imidazole rings is 1. The van der Waals surface area contributed by atoms with Crippen LogP contribution in [0, 0.1) is 0 Å². The van der Waals surface area contributed by atoms with Gasteiger partial charge in [0.2, 0.25) is 0 Å². The minimum atomic E-state index is -0.237. The number of hydrogen-bond acceptors (Lipinski definition) is 3. The highest BCUT2D eigenvalue weighted by atomic mass is 16.5. The Morgan fingerprint density at radius 2 is 2.12 bits per heavy atom. The molecule has 0 saturated heterocycles. The summed E-state index contributed by atoms with van der Waals surface area (Å²) < 4.78 is 7.42. The third-order valence-electron chi connectivity index (χ3n) is 2.33. The molecule has 1 atom stereocenters. The lowest BCUT2D eigenvalue weighted by Crippen LogP contribution is -2.25. The minimum Gasteiger partial charge on any atom is -0.476 e. The van der Waals surface area contributed by atoms with Gasteiger partial charge in [-0.25, -0.2) is 4.98 Å². The van der Waals surface area contributed by atoms with Crippen molar-refractivity contribution in [3.8, 4) is 11.4 Å². The Balaban J connectivity index is 2.11. The van der Waals surface area contributed by atoms with Crippen LogP contribution in [0.15, 0.2) is 43.0 Å². The van der Waals surface area contributed by atoms with E-state index in [1.807, 2.05) is 42.0 Å². The molecule has 0 saturated carbocycles. The highest BCUT2D eigenvalue weighted by molar-refractivity contribution is 5.37. The zero-order valence-electron chi connectivity index (χ0n) is 9.21. The van der Waals surface area contributed by atoms with Gasteiger partial charge in [-0.2, -0.15) is 0 Å². The molecule has 0 fully saturated rings. The van der Waals surface area contributed by atoms with E-state index in [4.69, 9.17) is 10.5 Å². The van der Waals surface area contributed by atoms with Gasteiger partial charge in [-0.05, 0) is 30.7 Å². The van der Waals surface area contributed by atoms with Crippen molar-refractivity contribution in [1.29, 1.82) is 0 Å². The Kier molecular flexibility index (Phi) is 3.22. The molecule has 2 N–H and O–H groups in total. The minimum absolute atomic E-state index is 0.237. The van der Waals surface area contributed by atoms with Gasteiger partial charge < -0.3 is 9.30 Å². The summed E-state index contributed by atoms with van der Waals surface area (Å²) in [5.74, 6) is 0.790. The van der Waals surface area contributed by atoms with Crippen molar-refractivity contribution in [3.05, 3.63) is 43.0 Å². The maximum Gasteiger partial charge on any atom is 0.147 e. The maximum absolute atomic E-state index is 5.70. The first-order valence-electron chi connectivity index (χ1n) is 5.30.